The molecule has 146 valence electrons. The first-order valence-corrected chi connectivity index (χ1v) is 11.5. The average Bonchev–Trinajstić information content (AvgIpc) is 3.23. The molecule has 0 aromatic carbocycles. The summed E-state index contributed by atoms with van der Waals surface area (Å²) in [5, 5.41) is 8.86. The highest BCUT2D eigenvalue weighted by atomic mass is 32.2. The van der Waals surface area contributed by atoms with Crippen LogP contribution >= 0.6 is 0 Å². The second-order valence-corrected chi connectivity index (χ2v) is 10.1. The van der Waals surface area contributed by atoms with Gasteiger partial charge in [0.05, 0.1) is 18.9 Å². The van der Waals surface area contributed by atoms with Crippen molar-refractivity contribution in [2.75, 3.05) is 37.5 Å². The summed E-state index contributed by atoms with van der Waals surface area (Å²) in [6.45, 7) is 6.19. The second-order valence-electron chi connectivity index (χ2n) is 8.34. The summed E-state index contributed by atoms with van der Waals surface area (Å²) in [6.07, 6.45) is 7.38. The van der Waals surface area contributed by atoms with E-state index in [2.05, 4.69) is 24.4 Å². The number of sulfonamides is 1. The maximum absolute atomic E-state index is 11.7. The Morgan fingerprint density at radius 1 is 1.35 bits per heavy atom. The van der Waals surface area contributed by atoms with Crippen LogP contribution in [0.1, 0.15) is 50.9 Å². The molecule has 1 aliphatic carbocycles. The molecule has 1 aromatic heterocycles. The molecule has 0 amide bonds. The standard InChI is InChI=1S/C17H29N5O3S/c1-13(20-26(2,23)24)15-18-19-16(22(15)10-14-4-9-25-11-14)21-8-7-17(12-21)5-3-6-17/h13-14,20H,3-12H2,1-2H3. The zero-order valence-electron chi connectivity index (χ0n) is 15.6. The lowest BCUT2D eigenvalue weighted by Gasteiger charge is -2.38. The molecular formula is C17H29N5O3S. The minimum Gasteiger partial charge on any atom is -0.381 e. The third kappa shape index (κ3) is 3.61. The Morgan fingerprint density at radius 2 is 2.15 bits per heavy atom. The Labute approximate surface area is 155 Å². The zero-order valence-corrected chi connectivity index (χ0v) is 16.5. The van der Waals surface area contributed by atoms with Crippen molar-refractivity contribution in [3.8, 4) is 0 Å². The quantitative estimate of drug-likeness (QED) is 0.797. The highest BCUT2D eigenvalue weighted by molar-refractivity contribution is 7.88. The molecule has 1 spiro atoms. The summed E-state index contributed by atoms with van der Waals surface area (Å²) in [7, 11) is -3.31. The van der Waals surface area contributed by atoms with E-state index in [0.29, 0.717) is 17.2 Å². The van der Waals surface area contributed by atoms with Crippen LogP contribution in [-0.4, -0.2) is 55.7 Å². The average molecular weight is 384 g/mol. The molecule has 9 heteroatoms. The summed E-state index contributed by atoms with van der Waals surface area (Å²) >= 11 is 0. The van der Waals surface area contributed by atoms with Crippen molar-refractivity contribution in [3.05, 3.63) is 5.82 Å². The lowest BCUT2D eigenvalue weighted by molar-refractivity contribution is 0.165. The number of nitrogens with one attached hydrogen (secondary N) is 1. The molecular weight excluding hydrogens is 354 g/mol. The van der Waals surface area contributed by atoms with Crippen LogP contribution in [0, 0.1) is 11.3 Å². The second kappa shape index (κ2) is 6.76. The van der Waals surface area contributed by atoms with Crippen molar-refractivity contribution in [1.82, 2.24) is 19.5 Å². The van der Waals surface area contributed by atoms with Gasteiger partial charge in [-0.25, -0.2) is 13.1 Å². The Morgan fingerprint density at radius 3 is 2.73 bits per heavy atom. The minimum atomic E-state index is -3.31. The molecule has 2 aliphatic heterocycles. The van der Waals surface area contributed by atoms with Gasteiger partial charge in [-0.15, -0.1) is 10.2 Å². The van der Waals surface area contributed by atoms with Gasteiger partial charge in [-0.05, 0) is 38.0 Å². The number of anilines is 1. The molecule has 2 unspecified atom stereocenters. The minimum absolute atomic E-state index is 0.408. The Kier molecular flexibility index (Phi) is 4.73. The van der Waals surface area contributed by atoms with Gasteiger partial charge in [0, 0.05) is 32.2 Å². The summed E-state index contributed by atoms with van der Waals surface area (Å²) in [5.74, 6) is 2.00. The first-order chi connectivity index (χ1) is 12.4. The SMILES string of the molecule is CC(NS(C)(=O)=O)c1nnc(N2CCC3(CCC3)C2)n1CC1CCOC1. The van der Waals surface area contributed by atoms with Gasteiger partial charge >= 0.3 is 0 Å². The van der Waals surface area contributed by atoms with Gasteiger partial charge in [0.2, 0.25) is 16.0 Å². The van der Waals surface area contributed by atoms with Crippen LogP contribution in [0.15, 0.2) is 0 Å². The van der Waals surface area contributed by atoms with Crippen molar-refractivity contribution in [2.24, 2.45) is 11.3 Å². The molecule has 3 aliphatic rings. The molecule has 1 saturated carbocycles. The third-order valence-electron chi connectivity index (χ3n) is 6.14. The van der Waals surface area contributed by atoms with E-state index < -0.39 is 16.1 Å². The number of aromatic nitrogens is 3. The maximum atomic E-state index is 11.7. The molecule has 8 nitrogen and oxygen atoms in total. The number of ether oxygens (including phenoxy) is 1. The molecule has 26 heavy (non-hydrogen) atoms. The number of nitrogens with zero attached hydrogens (tertiary/aromatic N) is 4. The molecule has 2 saturated heterocycles. The van der Waals surface area contributed by atoms with E-state index in [1.165, 1.54) is 31.9 Å². The summed E-state index contributed by atoms with van der Waals surface area (Å²) < 4.78 is 33.6. The van der Waals surface area contributed by atoms with Gasteiger partial charge < -0.3 is 9.64 Å². The fourth-order valence-electron chi connectivity index (χ4n) is 4.59. The molecule has 1 aromatic rings. The van der Waals surface area contributed by atoms with Crippen molar-refractivity contribution < 1.29 is 13.2 Å². The van der Waals surface area contributed by atoms with Crippen molar-refractivity contribution in [1.29, 1.82) is 0 Å². The van der Waals surface area contributed by atoms with Crippen LogP contribution in [0.25, 0.3) is 0 Å². The van der Waals surface area contributed by atoms with Crippen LogP contribution in [0.4, 0.5) is 5.95 Å². The number of hydrogen-bond acceptors (Lipinski definition) is 6. The van der Waals surface area contributed by atoms with E-state index in [4.69, 9.17) is 4.74 Å². The molecule has 3 fully saturated rings. The smallest absolute Gasteiger partial charge is 0.227 e. The van der Waals surface area contributed by atoms with E-state index in [9.17, 15) is 8.42 Å². The van der Waals surface area contributed by atoms with Crippen LogP contribution in [0.5, 0.6) is 0 Å². The van der Waals surface area contributed by atoms with Gasteiger partial charge in [0.1, 0.15) is 0 Å². The monoisotopic (exact) mass is 383 g/mol. The zero-order chi connectivity index (χ0) is 18.4. The first-order valence-electron chi connectivity index (χ1n) is 9.58. The topological polar surface area (TPSA) is 89.4 Å². The highest BCUT2D eigenvalue weighted by Gasteiger charge is 2.44. The number of rotatable bonds is 6. The normalized spacial score (nSPS) is 26.4. The Balaban J connectivity index is 1.60. The van der Waals surface area contributed by atoms with E-state index in [-0.39, 0.29) is 0 Å². The van der Waals surface area contributed by atoms with Gasteiger partial charge in [0.25, 0.3) is 0 Å². The van der Waals surface area contributed by atoms with E-state index >= 15 is 0 Å². The van der Waals surface area contributed by atoms with Gasteiger partial charge in [-0.1, -0.05) is 6.42 Å². The van der Waals surface area contributed by atoms with E-state index in [0.717, 1.165) is 45.2 Å². The fourth-order valence-corrected chi connectivity index (χ4v) is 5.33. The largest absolute Gasteiger partial charge is 0.381 e. The van der Waals surface area contributed by atoms with E-state index in [1.807, 2.05) is 6.92 Å². The molecule has 3 heterocycles. The van der Waals surface area contributed by atoms with Crippen molar-refractivity contribution in [2.45, 2.75) is 51.6 Å². The van der Waals surface area contributed by atoms with Gasteiger partial charge in [0.15, 0.2) is 5.82 Å². The summed E-state index contributed by atoms with van der Waals surface area (Å²) in [4.78, 5) is 2.35. The predicted molar refractivity (Wildman–Crippen MR) is 98.5 cm³/mol. The summed E-state index contributed by atoms with van der Waals surface area (Å²) in [6, 6.07) is -0.408. The Hall–Kier alpha value is -1.19. The van der Waals surface area contributed by atoms with Crippen LogP contribution in [0.3, 0.4) is 0 Å². The molecule has 0 bridgehead atoms. The predicted octanol–water partition coefficient (Wildman–Crippen LogP) is 1.31. The van der Waals surface area contributed by atoms with E-state index in [1.54, 1.807) is 0 Å². The van der Waals surface area contributed by atoms with Crippen molar-refractivity contribution >= 4 is 16.0 Å². The summed E-state index contributed by atoms with van der Waals surface area (Å²) in [5.41, 5.74) is 0.476. The van der Waals surface area contributed by atoms with Crippen LogP contribution in [0.2, 0.25) is 0 Å². The lowest BCUT2D eigenvalue weighted by atomic mass is 9.68. The van der Waals surface area contributed by atoms with Crippen LogP contribution in [-0.2, 0) is 21.3 Å². The molecule has 0 radical (unpaired) electrons. The van der Waals surface area contributed by atoms with Gasteiger partial charge in [-0.3, -0.25) is 4.57 Å². The highest BCUT2D eigenvalue weighted by Crippen LogP contribution is 2.48. The lowest BCUT2D eigenvalue weighted by Crippen LogP contribution is -2.34. The maximum Gasteiger partial charge on any atom is 0.227 e. The fraction of sp³-hybridized carbons (Fsp3) is 0.882. The van der Waals surface area contributed by atoms with Gasteiger partial charge in [-0.2, -0.15) is 0 Å². The van der Waals surface area contributed by atoms with Crippen molar-refractivity contribution in [3.63, 3.8) is 0 Å². The Bertz CT molecular complexity index is 752. The number of hydrogen-bond donors (Lipinski definition) is 1. The molecule has 1 N–H and O–H groups in total. The van der Waals surface area contributed by atoms with Crippen LogP contribution < -0.4 is 9.62 Å². The molecule has 4 rings (SSSR count). The first kappa shape index (κ1) is 18.2. The third-order valence-corrected chi connectivity index (χ3v) is 6.92. The molecule has 2 atom stereocenters.